The molecule has 1 unspecified atom stereocenters. The van der Waals surface area contributed by atoms with Gasteiger partial charge in [-0.1, -0.05) is 6.07 Å². The number of carbonyl (C=O) groups is 1. The van der Waals surface area contributed by atoms with Gasteiger partial charge in [-0.2, -0.15) is 5.10 Å². The maximum absolute atomic E-state index is 12.9. The van der Waals surface area contributed by atoms with E-state index in [1.807, 2.05) is 17.5 Å². The summed E-state index contributed by atoms with van der Waals surface area (Å²) in [6.45, 7) is -0.399. The number of nitro benzene ring substituents is 1. The third kappa shape index (κ3) is 3.90. The minimum atomic E-state index is -0.584. The van der Waals surface area contributed by atoms with E-state index in [1.54, 1.807) is 18.4 Å². The van der Waals surface area contributed by atoms with Crippen molar-refractivity contribution in [3.05, 3.63) is 74.9 Å². The highest BCUT2D eigenvalue weighted by Crippen LogP contribution is 2.36. The monoisotopic (exact) mass is 427 g/mol. The van der Waals surface area contributed by atoms with Crippen molar-refractivity contribution in [1.82, 2.24) is 5.01 Å². The number of benzene rings is 1. The van der Waals surface area contributed by atoms with E-state index in [-0.39, 0.29) is 17.5 Å². The van der Waals surface area contributed by atoms with Crippen LogP contribution in [0.25, 0.3) is 0 Å². The number of nitro groups is 1. The molecule has 0 bridgehead atoms. The third-order valence-electron chi connectivity index (χ3n) is 4.56. The molecule has 0 spiro atoms. The molecule has 1 amide bonds. The van der Waals surface area contributed by atoms with Gasteiger partial charge in [0.2, 0.25) is 0 Å². The highest BCUT2D eigenvalue weighted by molar-refractivity contribution is 7.10. The number of ether oxygens (including phenoxy) is 2. The topological polar surface area (TPSA) is 107 Å². The van der Waals surface area contributed by atoms with Gasteiger partial charge in [0.05, 0.1) is 30.4 Å². The Bertz CT molecular complexity index is 1080. The number of hydrogen-bond donors (Lipinski definition) is 0. The van der Waals surface area contributed by atoms with Crippen molar-refractivity contribution >= 4 is 28.6 Å². The standard InChI is InChI=1S/C20H17N3O6S/c1-27-13-6-7-18(15(10-13)23(25)26)29-12-20(24)22-16(19-5-3-9-30-19)11-14(21-22)17-4-2-8-28-17/h2-10,16H,11-12H2,1H3. The zero-order valence-electron chi connectivity index (χ0n) is 15.9. The Morgan fingerprint density at radius 2 is 2.23 bits per heavy atom. The molecular formula is C20H17N3O6S. The van der Waals surface area contributed by atoms with Gasteiger partial charge in [0.15, 0.2) is 12.4 Å². The van der Waals surface area contributed by atoms with Gasteiger partial charge in [0.1, 0.15) is 17.2 Å². The molecule has 0 saturated heterocycles. The SMILES string of the molecule is COc1ccc(OCC(=O)N2N=C(c3ccco3)CC2c2cccs2)c([N+](=O)[O-])c1. The van der Waals surface area contributed by atoms with E-state index < -0.39 is 17.4 Å². The number of hydrazone groups is 1. The number of thiophene rings is 1. The molecule has 3 heterocycles. The second kappa shape index (κ2) is 8.37. The van der Waals surface area contributed by atoms with Gasteiger partial charge in [-0.3, -0.25) is 14.9 Å². The Morgan fingerprint density at radius 1 is 1.37 bits per heavy atom. The first kappa shape index (κ1) is 19.6. The summed E-state index contributed by atoms with van der Waals surface area (Å²) in [5, 5.41) is 19.1. The molecule has 154 valence electrons. The lowest BCUT2D eigenvalue weighted by molar-refractivity contribution is -0.385. The summed E-state index contributed by atoms with van der Waals surface area (Å²) in [7, 11) is 1.41. The van der Waals surface area contributed by atoms with Gasteiger partial charge >= 0.3 is 5.69 Å². The van der Waals surface area contributed by atoms with Gasteiger partial charge in [-0.25, -0.2) is 5.01 Å². The fraction of sp³-hybridized carbons (Fsp3) is 0.200. The normalized spacial score (nSPS) is 15.7. The second-order valence-electron chi connectivity index (χ2n) is 6.38. The van der Waals surface area contributed by atoms with Crippen LogP contribution in [0, 0.1) is 10.1 Å². The van der Waals surface area contributed by atoms with Crippen LogP contribution in [0.5, 0.6) is 11.5 Å². The fourth-order valence-electron chi connectivity index (χ4n) is 3.13. The molecule has 1 aromatic carbocycles. The van der Waals surface area contributed by atoms with Crippen molar-refractivity contribution in [2.45, 2.75) is 12.5 Å². The van der Waals surface area contributed by atoms with Gasteiger partial charge in [-0.05, 0) is 35.7 Å². The zero-order chi connectivity index (χ0) is 21.1. The van der Waals surface area contributed by atoms with Crippen LogP contribution in [-0.2, 0) is 4.79 Å². The maximum atomic E-state index is 12.9. The van der Waals surface area contributed by atoms with Crippen LogP contribution in [0.2, 0.25) is 0 Å². The molecule has 9 nitrogen and oxygen atoms in total. The molecule has 0 fully saturated rings. The van der Waals surface area contributed by atoms with E-state index in [4.69, 9.17) is 13.9 Å². The highest BCUT2D eigenvalue weighted by Gasteiger charge is 2.35. The second-order valence-corrected chi connectivity index (χ2v) is 7.36. The van der Waals surface area contributed by atoms with Gasteiger partial charge in [0, 0.05) is 11.3 Å². The lowest BCUT2D eigenvalue weighted by atomic mass is 10.1. The molecular weight excluding hydrogens is 410 g/mol. The van der Waals surface area contributed by atoms with Gasteiger partial charge in [0.25, 0.3) is 5.91 Å². The van der Waals surface area contributed by atoms with Crippen molar-refractivity contribution < 1.29 is 23.6 Å². The third-order valence-corrected chi connectivity index (χ3v) is 5.53. The molecule has 2 aromatic heterocycles. The van der Waals surface area contributed by atoms with Crippen LogP contribution in [0.15, 0.2) is 63.6 Å². The first-order valence-electron chi connectivity index (χ1n) is 8.99. The van der Waals surface area contributed by atoms with Crippen LogP contribution in [0.4, 0.5) is 5.69 Å². The van der Waals surface area contributed by atoms with E-state index in [9.17, 15) is 14.9 Å². The summed E-state index contributed by atoms with van der Waals surface area (Å²) in [6.07, 6.45) is 2.05. The summed E-state index contributed by atoms with van der Waals surface area (Å²) in [6, 6.07) is 11.3. The largest absolute Gasteiger partial charge is 0.496 e. The first-order valence-corrected chi connectivity index (χ1v) is 9.87. The quantitative estimate of drug-likeness (QED) is 0.416. The van der Waals surface area contributed by atoms with Crippen LogP contribution in [0.1, 0.15) is 23.1 Å². The Morgan fingerprint density at radius 3 is 2.90 bits per heavy atom. The van der Waals surface area contributed by atoms with Crippen LogP contribution in [0.3, 0.4) is 0 Å². The molecule has 1 aliphatic rings. The fourth-order valence-corrected chi connectivity index (χ4v) is 3.94. The maximum Gasteiger partial charge on any atom is 0.314 e. The number of furan rings is 1. The number of nitrogens with zero attached hydrogens (tertiary/aromatic N) is 3. The Hall–Kier alpha value is -3.66. The van der Waals surface area contributed by atoms with E-state index in [1.165, 1.54) is 41.7 Å². The van der Waals surface area contributed by atoms with Crippen molar-refractivity contribution in [1.29, 1.82) is 0 Å². The highest BCUT2D eigenvalue weighted by atomic mass is 32.1. The molecule has 1 aliphatic heterocycles. The van der Waals surface area contributed by atoms with E-state index in [0.717, 1.165) is 4.88 Å². The Kier molecular flexibility index (Phi) is 5.48. The van der Waals surface area contributed by atoms with E-state index in [0.29, 0.717) is 23.6 Å². The van der Waals surface area contributed by atoms with Gasteiger partial charge < -0.3 is 13.9 Å². The zero-order valence-corrected chi connectivity index (χ0v) is 16.7. The average Bonchev–Trinajstić information content (AvgIpc) is 3.52. The predicted octanol–water partition coefficient (Wildman–Crippen LogP) is 4.01. The van der Waals surface area contributed by atoms with E-state index >= 15 is 0 Å². The summed E-state index contributed by atoms with van der Waals surface area (Å²) in [4.78, 5) is 24.6. The molecule has 10 heteroatoms. The van der Waals surface area contributed by atoms with E-state index in [2.05, 4.69) is 5.10 Å². The van der Waals surface area contributed by atoms with Crippen LogP contribution in [-0.4, -0.2) is 35.3 Å². The lowest BCUT2D eigenvalue weighted by Gasteiger charge is -2.20. The molecule has 3 aromatic rings. The smallest absolute Gasteiger partial charge is 0.314 e. The summed E-state index contributed by atoms with van der Waals surface area (Å²) in [5.41, 5.74) is 0.375. The molecule has 0 aliphatic carbocycles. The number of amides is 1. The van der Waals surface area contributed by atoms with Gasteiger partial charge in [-0.15, -0.1) is 11.3 Å². The first-order chi connectivity index (χ1) is 14.6. The Balaban J connectivity index is 1.54. The molecule has 30 heavy (non-hydrogen) atoms. The number of carbonyl (C=O) groups excluding carboxylic acids is 1. The van der Waals surface area contributed by atoms with Crippen molar-refractivity contribution in [2.24, 2.45) is 5.10 Å². The Labute approximate surface area is 175 Å². The molecule has 1 atom stereocenters. The van der Waals surface area contributed by atoms with Crippen molar-refractivity contribution in [2.75, 3.05) is 13.7 Å². The number of methoxy groups -OCH3 is 1. The van der Waals surface area contributed by atoms with Crippen molar-refractivity contribution in [3.63, 3.8) is 0 Å². The summed E-state index contributed by atoms with van der Waals surface area (Å²) in [5.74, 6) is 0.486. The molecule has 0 saturated carbocycles. The molecule has 0 N–H and O–H groups in total. The predicted molar refractivity (Wildman–Crippen MR) is 109 cm³/mol. The van der Waals surface area contributed by atoms with Crippen molar-refractivity contribution in [3.8, 4) is 11.5 Å². The summed E-state index contributed by atoms with van der Waals surface area (Å²) >= 11 is 1.52. The minimum absolute atomic E-state index is 0.0174. The molecule has 0 radical (unpaired) electrons. The minimum Gasteiger partial charge on any atom is -0.496 e. The average molecular weight is 427 g/mol. The number of hydrogen-bond acceptors (Lipinski definition) is 8. The molecule has 4 rings (SSSR count). The summed E-state index contributed by atoms with van der Waals surface area (Å²) < 4.78 is 15.9. The lowest BCUT2D eigenvalue weighted by Crippen LogP contribution is -2.31. The van der Waals surface area contributed by atoms with Crippen LogP contribution >= 0.6 is 11.3 Å². The van der Waals surface area contributed by atoms with Crippen LogP contribution < -0.4 is 9.47 Å². The number of rotatable bonds is 7.